The van der Waals surface area contributed by atoms with Crippen molar-refractivity contribution in [2.45, 2.75) is 13.0 Å². The summed E-state index contributed by atoms with van der Waals surface area (Å²) in [5.41, 5.74) is 1.77. The van der Waals surface area contributed by atoms with Crippen LogP contribution in [-0.4, -0.2) is 76.9 Å². The van der Waals surface area contributed by atoms with Crippen molar-refractivity contribution in [2.75, 3.05) is 59.0 Å². The molecule has 0 saturated carbocycles. The second-order valence-corrected chi connectivity index (χ2v) is 8.40. The van der Waals surface area contributed by atoms with Crippen molar-refractivity contribution in [2.24, 2.45) is 10.9 Å². The molecule has 1 fully saturated rings. The number of nitrogens with one attached hydrogen (secondary N) is 1. The van der Waals surface area contributed by atoms with Crippen LogP contribution in [0.25, 0.3) is 0 Å². The maximum Gasteiger partial charge on any atom is 0.321 e. The number of rotatable bonds is 7. The van der Waals surface area contributed by atoms with E-state index >= 15 is 0 Å². The lowest BCUT2D eigenvalue weighted by molar-refractivity contribution is -0.153. The van der Waals surface area contributed by atoms with E-state index in [0.29, 0.717) is 36.1 Å². The third-order valence-electron chi connectivity index (χ3n) is 6.40. The van der Waals surface area contributed by atoms with E-state index < -0.39 is 23.8 Å². The number of hydrogen-bond acceptors (Lipinski definition) is 9. The minimum atomic E-state index is -1.10. The summed E-state index contributed by atoms with van der Waals surface area (Å²) < 4.78 is 21.2. The first kappa shape index (κ1) is 25.2. The van der Waals surface area contributed by atoms with Crippen LogP contribution in [0, 0.1) is 5.92 Å². The van der Waals surface area contributed by atoms with Gasteiger partial charge in [0.2, 0.25) is 11.9 Å². The Hall–Kier alpha value is -3.95. The van der Waals surface area contributed by atoms with E-state index in [1.807, 2.05) is 29.2 Å². The highest BCUT2D eigenvalue weighted by Crippen LogP contribution is 2.36. The number of aliphatic imine (C=N–C) groups is 1. The van der Waals surface area contributed by atoms with Gasteiger partial charge in [0.25, 0.3) is 0 Å². The van der Waals surface area contributed by atoms with Gasteiger partial charge >= 0.3 is 5.97 Å². The summed E-state index contributed by atoms with van der Waals surface area (Å²) >= 11 is 0. The van der Waals surface area contributed by atoms with Crippen LogP contribution in [0.4, 0.5) is 5.69 Å². The Morgan fingerprint density at radius 2 is 1.61 bits per heavy atom. The highest BCUT2D eigenvalue weighted by molar-refractivity contribution is 6.08. The van der Waals surface area contributed by atoms with E-state index in [9.17, 15) is 9.59 Å². The number of guanidine groups is 1. The van der Waals surface area contributed by atoms with Gasteiger partial charge in [0.15, 0.2) is 17.4 Å². The van der Waals surface area contributed by atoms with Crippen molar-refractivity contribution < 1.29 is 28.5 Å². The summed E-state index contributed by atoms with van der Waals surface area (Å²) in [6.45, 7) is 4.71. The summed E-state index contributed by atoms with van der Waals surface area (Å²) in [7, 11) is 4.73. The van der Waals surface area contributed by atoms with Crippen LogP contribution in [0.15, 0.2) is 47.5 Å². The van der Waals surface area contributed by atoms with E-state index in [0.717, 1.165) is 24.5 Å². The number of amides is 1. The maximum absolute atomic E-state index is 13.2. The average Bonchev–Trinajstić information content (AvgIpc) is 2.92. The average molecular weight is 497 g/mol. The third-order valence-corrected chi connectivity index (χ3v) is 6.40. The number of carbonyl (C=O) groups is 2. The molecule has 2 atom stereocenters. The molecule has 10 heteroatoms. The van der Waals surface area contributed by atoms with Crippen molar-refractivity contribution in [3.8, 4) is 17.2 Å². The first-order chi connectivity index (χ1) is 17.5. The van der Waals surface area contributed by atoms with Gasteiger partial charge in [-0.2, -0.15) is 0 Å². The molecule has 1 saturated heterocycles. The highest BCUT2D eigenvalue weighted by atomic mass is 16.5. The Balaban J connectivity index is 1.58. The smallest absolute Gasteiger partial charge is 0.321 e. The molecule has 0 unspecified atom stereocenters. The third kappa shape index (κ3) is 5.17. The van der Waals surface area contributed by atoms with Gasteiger partial charge in [-0.15, -0.1) is 0 Å². The molecule has 1 amide bonds. The van der Waals surface area contributed by atoms with E-state index in [-0.39, 0.29) is 6.61 Å². The van der Waals surface area contributed by atoms with Crippen LogP contribution in [0.2, 0.25) is 0 Å². The first-order valence-corrected chi connectivity index (χ1v) is 11.9. The lowest BCUT2D eigenvalue weighted by Crippen LogP contribution is -2.57. The van der Waals surface area contributed by atoms with Crippen LogP contribution in [-0.2, 0) is 14.3 Å². The Morgan fingerprint density at radius 3 is 2.22 bits per heavy atom. The Bertz CT molecular complexity index is 1110. The zero-order chi connectivity index (χ0) is 25.7. The normalized spacial score (nSPS) is 19.8. The molecule has 0 radical (unpaired) electrons. The van der Waals surface area contributed by atoms with E-state index in [4.69, 9.17) is 23.9 Å². The molecule has 2 aliphatic heterocycles. The predicted molar refractivity (Wildman–Crippen MR) is 135 cm³/mol. The second kappa shape index (κ2) is 11.2. The predicted octanol–water partition coefficient (Wildman–Crippen LogP) is 2.24. The molecule has 2 aliphatic rings. The van der Waals surface area contributed by atoms with Gasteiger partial charge in [-0.25, -0.2) is 4.99 Å². The highest BCUT2D eigenvalue weighted by Gasteiger charge is 2.42. The Labute approximate surface area is 210 Å². The van der Waals surface area contributed by atoms with E-state index in [1.54, 1.807) is 39.3 Å². The van der Waals surface area contributed by atoms with Crippen LogP contribution >= 0.6 is 0 Å². The van der Waals surface area contributed by atoms with Crippen LogP contribution in [0.3, 0.4) is 0 Å². The number of hydrogen-bond donors (Lipinski definition) is 1. The van der Waals surface area contributed by atoms with E-state index in [1.165, 1.54) is 7.11 Å². The zero-order valence-corrected chi connectivity index (χ0v) is 21.0. The molecule has 0 aliphatic carbocycles. The number of benzene rings is 2. The summed E-state index contributed by atoms with van der Waals surface area (Å²) in [4.78, 5) is 35.1. The molecule has 2 aromatic rings. The monoisotopic (exact) mass is 496 g/mol. The minimum absolute atomic E-state index is 0.172. The van der Waals surface area contributed by atoms with Crippen LogP contribution in [0.1, 0.15) is 18.5 Å². The number of carbonyl (C=O) groups excluding carboxylic acids is 2. The zero-order valence-electron chi connectivity index (χ0n) is 21.0. The van der Waals surface area contributed by atoms with Gasteiger partial charge in [-0.05, 0) is 48.9 Å². The van der Waals surface area contributed by atoms with Gasteiger partial charge in [0, 0.05) is 31.9 Å². The molecular weight excluding hydrogens is 464 g/mol. The Kier molecular flexibility index (Phi) is 7.82. The number of nitrogens with zero attached hydrogens (tertiary/aromatic N) is 3. The largest absolute Gasteiger partial charge is 0.497 e. The fourth-order valence-electron chi connectivity index (χ4n) is 4.47. The maximum atomic E-state index is 13.2. The van der Waals surface area contributed by atoms with Gasteiger partial charge in [0.05, 0.1) is 27.9 Å². The van der Waals surface area contributed by atoms with Crippen molar-refractivity contribution in [3.63, 3.8) is 0 Å². The molecule has 0 aromatic heterocycles. The standard InChI is InChI=1S/C26H32N4O6/c1-5-36-25(32)22-23(17-6-11-20(34-3)21(16-17)35-4)27-26(28-24(22)31)30-14-12-29(13-15-30)18-7-9-19(33-2)10-8-18/h6-11,16,22-23H,5,12-15H2,1-4H3,(H,27,28,31)/t22-,23+/m1/s1. The van der Waals surface area contributed by atoms with Crippen molar-refractivity contribution in [3.05, 3.63) is 48.0 Å². The number of ether oxygens (including phenoxy) is 4. The molecule has 2 aromatic carbocycles. The Morgan fingerprint density at radius 1 is 0.944 bits per heavy atom. The molecule has 10 nitrogen and oxygen atoms in total. The lowest BCUT2D eigenvalue weighted by atomic mass is 9.91. The van der Waals surface area contributed by atoms with Crippen LogP contribution < -0.4 is 24.4 Å². The number of methoxy groups -OCH3 is 3. The topological polar surface area (TPSA) is 102 Å². The summed E-state index contributed by atoms with van der Waals surface area (Å²) in [6.07, 6.45) is 0. The fourth-order valence-corrected chi connectivity index (χ4v) is 4.47. The fraction of sp³-hybridized carbons (Fsp3) is 0.423. The second-order valence-electron chi connectivity index (χ2n) is 8.40. The van der Waals surface area contributed by atoms with Gasteiger partial charge in [0.1, 0.15) is 11.8 Å². The van der Waals surface area contributed by atoms with Crippen molar-refractivity contribution in [1.29, 1.82) is 0 Å². The number of esters is 1. The number of piperazine rings is 1. The summed E-state index contributed by atoms with van der Waals surface area (Å²) in [5, 5.41) is 2.84. The molecule has 4 rings (SSSR count). The van der Waals surface area contributed by atoms with Gasteiger partial charge in [-0.3, -0.25) is 14.9 Å². The van der Waals surface area contributed by atoms with Crippen LogP contribution in [0.5, 0.6) is 17.2 Å². The molecule has 1 N–H and O–H groups in total. The first-order valence-electron chi connectivity index (χ1n) is 11.9. The minimum Gasteiger partial charge on any atom is -0.497 e. The molecule has 2 heterocycles. The lowest BCUT2D eigenvalue weighted by Gasteiger charge is -2.39. The molecule has 0 spiro atoms. The molecule has 192 valence electrons. The molecule has 36 heavy (non-hydrogen) atoms. The van der Waals surface area contributed by atoms with Gasteiger partial charge in [-0.1, -0.05) is 6.07 Å². The van der Waals surface area contributed by atoms with E-state index in [2.05, 4.69) is 10.2 Å². The summed E-state index contributed by atoms with van der Waals surface area (Å²) in [6, 6.07) is 12.5. The quantitative estimate of drug-likeness (QED) is 0.460. The number of anilines is 1. The molecular formula is C26H32N4O6. The van der Waals surface area contributed by atoms with Crippen molar-refractivity contribution >= 4 is 23.5 Å². The van der Waals surface area contributed by atoms with Crippen molar-refractivity contribution in [1.82, 2.24) is 10.2 Å². The SMILES string of the molecule is CCOC(=O)[C@H]1C(=O)NC(N2CCN(c3ccc(OC)cc3)CC2)=N[C@H]1c1ccc(OC)c(OC)c1. The van der Waals surface area contributed by atoms with Gasteiger partial charge < -0.3 is 28.7 Å². The molecule has 0 bridgehead atoms. The summed E-state index contributed by atoms with van der Waals surface area (Å²) in [5.74, 6) is 0.162.